The molecule has 118 valence electrons. The van der Waals surface area contributed by atoms with Gasteiger partial charge in [0, 0.05) is 25.1 Å². The van der Waals surface area contributed by atoms with Crippen molar-refractivity contribution in [3.8, 4) is 0 Å². The summed E-state index contributed by atoms with van der Waals surface area (Å²) in [7, 11) is -1.28. The first kappa shape index (κ1) is 16.3. The Labute approximate surface area is 122 Å². The van der Waals surface area contributed by atoms with Crippen LogP contribution in [0.4, 0.5) is 13.2 Å². The largest absolute Gasteiger partial charge is 0.416 e. The monoisotopic (exact) mass is 321 g/mol. The van der Waals surface area contributed by atoms with Crippen LogP contribution in [0.1, 0.15) is 18.4 Å². The normalized spacial score (nSPS) is 21.1. The van der Waals surface area contributed by atoms with Gasteiger partial charge in [-0.15, -0.1) is 0 Å². The predicted molar refractivity (Wildman–Crippen MR) is 76.6 cm³/mol. The molecule has 0 bridgehead atoms. The van der Waals surface area contributed by atoms with Gasteiger partial charge in [-0.2, -0.15) is 13.2 Å². The van der Waals surface area contributed by atoms with Gasteiger partial charge in [-0.25, -0.2) is 8.51 Å². The van der Waals surface area contributed by atoms with E-state index in [0.717, 1.165) is 12.1 Å². The molecule has 0 amide bonds. The number of methoxy groups -OCH3 is 1. The third-order valence-electron chi connectivity index (χ3n) is 3.68. The molecule has 1 aromatic rings. The van der Waals surface area contributed by atoms with E-state index in [1.807, 2.05) is 0 Å². The van der Waals surface area contributed by atoms with Gasteiger partial charge in [0.1, 0.15) is 0 Å². The Morgan fingerprint density at radius 1 is 1.33 bits per heavy atom. The molecule has 1 atom stereocenters. The number of alkyl halides is 3. The van der Waals surface area contributed by atoms with Crippen molar-refractivity contribution in [2.45, 2.75) is 30.0 Å². The van der Waals surface area contributed by atoms with Crippen LogP contribution < -0.4 is 0 Å². The molecule has 0 N–H and O–H groups in total. The van der Waals surface area contributed by atoms with Gasteiger partial charge < -0.3 is 4.74 Å². The number of piperidine rings is 1. The minimum atomic E-state index is -4.45. The zero-order chi connectivity index (χ0) is 15.7. The Morgan fingerprint density at radius 2 is 1.95 bits per heavy atom. The number of rotatable bonds is 3. The van der Waals surface area contributed by atoms with Crippen LogP contribution in [0.3, 0.4) is 0 Å². The van der Waals surface area contributed by atoms with Crippen LogP contribution in [-0.2, 0) is 20.6 Å². The molecular weight excluding hydrogens is 303 g/mol. The molecule has 1 aliphatic heterocycles. The molecule has 0 radical (unpaired) electrons. The van der Waals surface area contributed by atoms with E-state index in [4.69, 9.17) is 4.74 Å². The molecule has 3 nitrogen and oxygen atoms in total. The minimum Gasteiger partial charge on any atom is -0.381 e. The summed E-state index contributed by atoms with van der Waals surface area (Å²) in [5.74, 6) is 3.68. The van der Waals surface area contributed by atoms with E-state index in [-0.39, 0.29) is 11.0 Å². The Balaban J connectivity index is 2.24. The van der Waals surface area contributed by atoms with Gasteiger partial charge in [0.2, 0.25) is 0 Å². The summed E-state index contributed by atoms with van der Waals surface area (Å²) in [4.78, 5) is 0.119. The molecule has 0 aliphatic carbocycles. The number of hydrogen-bond donors (Lipinski definition) is 0. The molecule has 1 fully saturated rings. The summed E-state index contributed by atoms with van der Waals surface area (Å²) >= 11 is 0. The van der Waals surface area contributed by atoms with Gasteiger partial charge in [0.15, 0.2) is 0 Å². The Hall–Kier alpha value is -1.05. The van der Waals surface area contributed by atoms with Crippen molar-refractivity contribution < 1.29 is 22.1 Å². The van der Waals surface area contributed by atoms with Crippen molar-refractivity contribution in [2.24, 2.45) is 0 Å². The fraction of sp³-hybridized carbons (Fsp3) is 0.500. The molecular formula is C14H18F3NO2S. The van der Waals surface area contributed by atoms with Crippen LogP contribution in [0.15, 0.2) is 29.2 Å². The van der Waals surface area contributed by atoms with Crippen molar-refractivity contribution in [2.75, 3.05) is 20.2 Å². The Bertz CT molecular complexity index is 590. The van der Waals surface area contributed by atoms with E-state index in [1.165, 1.54) is 12.1 Å². The van der Waals surface area contributed by atoms with Crippen LogP contribution in [0.5, 0.6) is 0 Å². The van der Waals surface area contributed by atoms with Crippen LogP contribution in [0, 0.1) is 0 Å². The fourth-order valence-corrected chi connectivity index (χ4v) is 4.08. The number of nitrogens with zero attached hydrogens (tertiary/aromatic N) is 1. The second kappa shape index (κ2) is 5.98. The molecule has 1 aliphatic rings. The predicted octanol–water partition coefficient (Wildman–Crippen LogP) is 2.81. The maximum absolute atomic E-state index is 12.8. The first-order chi connectivity index (χ1) is 9.75. The lowest BCUT2D eigenvalue weighted by Crippen LogP contribution is -2.40. The average molecular weight is 321 g/mol. The van der Waals surface area contributed by atoms with Crippen molar-refractivity contribution in [3.63, 3.8) is 0 Å². The highest BCUT2D eigenvalue weighted by Gasteiger charge is 2.32. The van der Waals surface area contributed by atoms with E-state index >= 15 is 0 Å². The second-order valence-electron chi connectivity index (χ2n) is 5.03. The highest BCUT2D eigenvalue weighted by Crippen LogP contribution is 2.31. The van der Waals surface area contributed by atoms with Gasteiger partial charge in [-0.1, -0.05) is 6.07 Å². The molecule has 1 heterocycles. The van der Waals surface area contributed by atoms with Crippen LogP contribution in [-0.4, -0.2) is 40.7 Å². The highest BCUT2D eigenvalue weighted by atomic mass is 32.2. The van der Waals surface area contributed by atoms with Crippen LogP contribution in [0.2, 0.25) is 0 Å². The van der Waals surface area contributed by atoms with E-state index in [1.54, 1.807) is 11.4 Å². The lowest BCUT2D eigenvalue weighted by Gasteiger charge is -2.33. The molecule has 0 saturated carbocycles. The van der Waals surface area contributed by atoms with Gasteiger partial charge in [0.25, 0.3) is 0 Å². The van der Waals surface area contributed by atoms with Crippen molar-refractivity contribution in [1.82, 2.24) is 4.31 Å². The smallest absolute Gasteiger partial charge is 0.381 e. The maximum Gasteiger partial charge on any atom is 0.416 e. The average Bonchev–Trinajstić information content (AvgIpc) is 2.46. The molecule has 1 saturated heterocycles. The van der Waals surface area contributed by atoms with E-state index < -0.39 is 21.4 Å². The first-order valence-corrected chi connectivity index (χ1v) is 8.26. The third kappa shape index (κ3) is 3.59. The van der Waals surface area contributed by atoms with E-state index in [0.29, 0.717) is 25.9 Å². The molecule has 7 heteroatoms. The summed E-state index contributed by atoms with van der Waals surface area (Å²) in [6.45, 7) is 0.994. The van der Waals surface area contributed by atoms with Crippen molar-refractivity contribution >= 4 is 15.6 Å². The molecule has 1 aromatic carbocycles. The number of hydrogen-bond acceptors (Lipinski definition) is 2. The Kier molecular flexibility index (Phi) is 4.65. The summed E-state index contributed by atoms with van der Waals surface area (Å²) in [5, 5.41) is 0. The SMILES string of the molecule is C=S(=O)(c1cccc(C(F)(F)F)c1)N1CCC(OC)CC1. The van der Waals surface area contributed by atoms with Crippen molar-refractivity contribution in [3.05, 3.63) is 29.8 Å². The molecule has 21 heavy (non-hydrogen) atoms. The lowest BCUT2D eigenvalue weighted by molar-refractivity contribution is -0.137. The van der Waals surface area contributed by atoms with E-state index in [9.17, 15) is 17.4 Å². The first-order valence-electron chi connectivity index (χ1n) is 6.57. The lowest BCUT2D eigenvalue weighted by atomic mass is 10.1. The standard InChI is InChI=1S/C14H18F3NO2S/c1-20-12-6-8-18(9-7-12)21(2,19)13-5-3-4-11(10-13)14(15,16)17/h3-5,10,12H,2,6-9H2,1H3. The highest BCUT2D eigenvalue weighted by molar-refractivity contribution is 7.98. The third-order valence-corrected chi connectivity index (χ3v) is 5.87. The van der Waals surface area contributed by atoms with Gasteiger partial charge in [-0.05, 0) is 36.9 Å². The quantitative estimate of drug-likeness (QED) is 0.801. The van der Waals surface area contributed by atoms with E-state index in [2.05, 4.69) is 5.87 Å². The summed E-state index contributed by atoms with van der Waals surface area (Å²) in [6.07, 6.45) is -2.95. The number of ether oxygens (including phenoxy) is 1. The van der Waals surface area contributed by atoms with Crippen LogP contribution in [0.25, 0.3) is 0 Å². The summed E-state index contributed by atoms with van der Waals surface area (Å²) in [6, 6.07) is 4.60. The van der Waals surface area contributed by atoms with Crippen LogP contribution >= 0.6 is 0 Å². The van der Waals surface area contributed by atoms with Crippen molar-refractivity contribution in [1.29, 1.82) is 0 Å². The van der Waals surface area contributed by atoms with Gasteiger partial charge in [0.05, 0.1) is 21.4 Å². The molecule has 1 unspecified atom stereocenters. The zero-order valence-electron chi connectivity index (χ0n) is 11.7. The Morgan fingerprint density at radius 3 is 2.48 bits per heavy atom. The second-order valence-corrected chi connectivity index (χ2v) is 7.30. The maximum atomic E-state index is 12.8. The minimum absolute atomic E-state index is 0.109. The van der Waals surface area contributed by atoms with Gasteiger partial charge in [-0.3, -0.25) is 0 Å². The summed E-state index contributed by atoms with van der Waals surface area (Å²) in [5.41, 5.74) is -0.803. The molecule has 0 spiro atoms. The molecule has 0 aromatic heterocycles. The number of halogens is 3. The fourth-order valence-electron chi connectivity index (χ4n) is 2.38. The number of benzene rings is 1. The van der Waals surface area contributed by atoms with Gasteiger partial charge >= 0.3 is 6.18 Å². The topological polar surface area (TPSA) is 29.5 Å². The molecule has 2 rings (SSSR count). The summed E-state index contributed by atoms with van der Waals surface area (Å²) < 4.78 is 58.0. The zero-order valence-corrected chi connectivity index (χ0v) is 12.5.